The Balaban J connectivity index is 1.53. The van der Waals surface area contributed by atoms with Crippen LogP contribution in [-0.2, 0) is 9.84 Å². The number of sulfone groups is 1. The van der Waals surface area contributed by atoms with Crippen molar-refractivity contribution in [1.82, 2.24) is 5.32 Å². The van der Waals surface area contributed by atoms with Gasteiger partial charge in [0.2, 0.25) is 0 Å². The van der Waals surface area contributed by atoms with E-state index in [0.29, 0.717) is 22.4 Å². The van der Waals surface area contributed by atoms with E-state index >= 15 is 0 Å². The minimum Gasteiger partial charge on any atom is -0.398 e. The molecule has 3 aromatic carbocycles. The number of piperidine rings is 1. The van der Waals surface area contributed by atoms with Gasteiger partial charge in [0, 0.05) is 36.3 Å². The van der Waals surface area contributed by atoms with Gasteiger partial charge in [-0.3, -0.25) is 4.79 Å². The molecule has 1 heterocycles. The lowest BCUT2D eigenvalue weighted by Gasteiger charge is -2.29. The number of benzene rings is 3. The summed E-state index contributed by atoms with van der Waals surface area (Å²) in [5, 5.41) is 5.12. The number of nitrogens with one attached hydrogen (secondary N) is 1. The van der Waals surface area contributed by atoms with E-state index in [1.807, 2.05) is 25.1 Å². The zero-order valence-electron chi connectivity index (χ0n) is 19.4. The Hall–Kier alpha value is -3.06. The van der Waals surface area contributed by atoms with Gasteiger partial charge in [-0.2, -0.15) is 0 Å². The largest absolute Gasteiger partial charge is 0.398 e. The van der Waals surface area contributed by atoms with Crippen molar-refractivity contribution in [1.29, 1.82) is 0 Å². The molecule has 0 aromatic heterocycles. The Labute approximate surface area is 195 Å². The van der Waals surface area contributed by atoms with Crippen LogP contribution in [0, 0.1) is 6.92 Å². The number of fused-ring (bicyclic) bond motifs is 1. The monoisotopic (exact) mass is 465 g/mol. The number of nitrogens with two attached hydrogens (primary N) is 1. The van der Waals surface area contributed by atoms with E-state index in [0.717, 1.165) is 30.1 Å². The summed E-state index contributed by atoms with van der Waals surface area (Å²) in [4.78, 5) is 15.6. The predicted octanol–water partition coefficient (Wildman–Crippen LogP) is 4.62. The predicted molar refractivity (Wildman–Crippen MR) is 135 cm³/mol. The highest BCUT2D eigenvalue weighted by atomic mass is 32.2. The molecule has 4 rings (SSSR count). The Kier molecular flexibility index (Phi) is 6.34. The third kappa shape index (κ3) is 4.83. The van der Waals surface area contributed by atoms with E-state index in [1.54, 1.807) is 19.1 Å². The van der Waals surface area contributed by atoms with Gasteiger partial charge in [0.05, 0.1) is 10.9 Å². The highest BCUT2D eigenvalue weighted by molar-refractivity contribution is 7.90. The lowest BCUT2D eigenvalue weighted by Crippen LogP contribution is -2.29. The molecule has 0 radical (unpaired) electrons. The normalized spacial score (nSPS) is 15.4. The quantitative estimate of drug-likeness (QED) is 0.537. The average molecular weight is 466 g/mol. The number of amides is 1. The van der Waals surface area contributed by atoms with Gasteiger partial charge in [0.25, 0.3) is 5.91 Å². The van der Waals surface area contributed by atoms with Gasteiger partial charge in [-0.15, -0.1) is 0 Å². The highest BCUT2D eigenvalue weighted by Gasteiger charge is 2.20. The van der Waals surface area contributed by atoms with Gasteiger partial charge in [-0.1, -0.05) is 18.2 Å². The van der Waals surface area contributed by atoms with Crippen LogP contribution < -0.4 is 16.0 Å². The number of rotatable bonds is 5. The van der Waals surface area contributed by atoms with E-state index in [-0.39, 0.29) is 16.8 Å². The molecule has 174 valence electrons. The van der Waals surface area contributed by atoms with Crippen molar-refractivity contribution in [3.63, 3.8) is 0 Å². The third-order valence-corrected chi connectivity index (χ3v) is 7.76. The molecule has 0 unspecified atom stereocenters. The number of hydrogen-bond acceptors (Lipinski definition) is 5. The van der Waals surface area contributed by atoms with Crippen LogP contribution >= 0.6 is 0 Å². The fourth-order valence-electron chi connectivity index (χ4n) is 4.59. The molecule has 6 nitrogen and oxygen atoms in total. The van der Waals surface area contributed by atoms with Crippen molar-refractivity contribution in [2.75, 3.05) is 30.0 Å². The van der Waals surface area contributed by atoms with Gasteiger partial charge in [0.15, 0.2) is 9.84 Å². The molecule has 1 saturated heterocycles. The summed E-state index contributed by atoms with van der Waals surface area (Å²) in [7, 11) is -3.37. The third-order valence-electron chi connectivity index (χ3n) is 6.52. The molecule has 1 amide bonds. The van der Waals surface area contributed by atoms with Crippen molar-refractivity contribution in [3.8, 4) is 0 Å². The van der Waals surface area contributed by atoms with Crippen LogP contribution in [0.3, 0.4) is 0 Å². The van der Waals surface area contributed by atoms with Crippen molar-refractivity contribution >= 4 is 37.9 Å². The van der Waals surface area contributed by atoms with Gasteiger partial charge >= 0.3 is 0 Å². The summed E-state index contributed by atoms with van der Waals surface area (Å²) in [6, 6.07) is 15.0. The van der Waals surface area contributed by atoms with E-state index in [2.05, 4.69) is 28.4 Å². The number of hydrogen-bond donors (Lipinski definition) is 2. The fourth-order valence-corrected chi connectivity index (χ4v) is 5.57. The number of anilines is 2. The first-order chi connectivity index (χ1) is 15.6. The number of nitrogens with zero attached hydrogens (tertiary/aromatic N) is 1. The minimum atomic E-state index is -3.37. The molecular weight excluding hydrogens is 434 g/mol. The Morgan fingerprint density at radius 3 is 2.36 bits per heavy atom. The average Bonchev–Trinajstić information content (AvgIpc) is 2.79. The zero-order valence-corrected chi connectivity index (χ0v) is 20.2. The molecule has 0 bridgehead atoms. The van der Waals surface area contributed by atoms with Crippen LogP contribution in [0.25, 0.3) is 10.8 Å². The van der Waals surface area contributed by atoms with Crippen molar-refractivity contribution in [2.45, 2.75) is 44.0 Å². The summed E-state index contributed by atoms with van der Waals surface area (Å²) in [5.41, 5.74) is 9.62. The first kappa shape index (κ1) is 23.1. The molecule has 1 aliphatic heterocycles. The SMILES string of the molecule is Cc1c(S(C)(=O)=O)ccc([C@@H](C)NC(=O)c2ccc3cc(N4CCCCC4)ccc3c2)c1N. The summed E-state index contributed by atoms with van der Waals surface area (Å²) < 4.78 is 23.9. The first-order valence-corrected chi connectivity index (χ1v) is 13.2. The second kappa shape index (κ2) is 9.06. The van der Waals surface area contributed by atoms with Crippen molar-refractivity contribution in [3.05, 3.63) is 65.2 Å². The Bertz CT molecular complexity index is 1310. The molecule has 0 aliphatic carbocycles. The molecule has 3 N–H and O–H groups in total. The lowest BCUT2D eigenvalue weighted by molar-refractivity contribution is 0.0940. The molecule has 1 atom stereocenters. The van der Waals surface area contributed by atoms with Crippen LogP contribution in [-0.4, -0.2) is 33.7 Å². The molecule has 33 heavy (non-hydrogen) atoms. The smallest absolute Gasteiger partial charge is 0.251 e. The molecule has 0 saturated carbocycles. The maximum Gasteiger partial charge on any atom is 0.251 e. The first-order valence-electron chi connectivity index (χ1n) is 11.3. The highest BCUT2D eigenvalue weighted by Crippen LogP contribution is 2.29. The van der Waals surface area contributed by atoms with Crippen LogP contribution in [0.4, 0.5) is 11.4 Å². The fraction of sp³-hybridized carbons (Fsp3) is 0.346. The van der Waals surface area contributed by atoms with Gasteiger partial charge < -0.3 is 16.0 Å². The second-order valence-corrected chi connectivity index (χ2v) is 10.9. The van der Waals surface area contributed by atoms with E-state index in [4.69, 9.17) is 5.73 Å². The number of nitrogen functional groups attached to an aromatic ring is 1. The van der Waals surface area contributed by atoms with E-state index in [1.165, 1.54) is 24.9 Å². The summed E-state index contributed by atoms with van der Waals surface area (Å²) in [6.45, 7) is 5.72. The van der Waals surface area contributed by atoms with Gasteiger partial charge in [0.1, 0.15) is 0 Å². The second-order valence-electron chi connectivity index (χ2n) is 8.95. The van der Waals surface area contributed by atoms with Crippen molar-refractivity contribution in [2.24, 2.45) is 0 Å². The van der Waals surface area contributed by atoms with Crippen LogP contribution in [0.5, 0.6) is 0 Å². The Morgan fingerprint density at radius 1 is 1.00 bits per heavy atom. The standard InChI is InChI=1S/C26H31N3O3S/c1-17-24(33(3,31)32)12-11-23(25(17)27)18(2)28-26(30)21-8-7-20-16-22(10-9-19(20)15-21)29-13-5-4-6-14-29/h7-12,15-16,18H,4-6,13-14,27H2,1-3H3,(H,28,30)/t18-/m1/s1. The van der Waals surface area contributed by atoms with Crippen LogP contribution in [0.2, 0.25) is 0 Å². The minimum absolute atomic E-state index is 0.200. The summed E-state index contributed by atoms with van der Waals surface area (Å²) in [5.74, 6) is -0.200. The number of carbonyl (C=O) groups excluding carboxylic acids is 1. The molecule has 3 aromatic rings. The van der Waals surface area contributed by atoms with E-state index < -0.39 is 9.84 Å². The molecule has 1 fully saturated rings. The molecule has 7 heteroatoms. The number of carbonyl (C=O) groups is 1. The zero-order chi connectivity index (χ0) is 23.8. The van der Waals surface area contributed by atoms with Gasteiger partial charge in [-0.25, -0.2) is 8.42 Å². The maximum absolute atomic E-state index is 13.0. The molecular formula is C26H31N3O3S. The topological polar surface area (TPSA) is 92.5 Å². The summed E-state index contributed by atoms with van der Waals surface area (Å²) in [6.07, 6.45) is 4.93. The van der Waals surface area contributed by atoms with Crippen LogP contribution in [0.15, 0.2) is 53.4 Å². The van der Waals surface area contributed by atoms with Crippen LogP contribution in [0.1, 0.15) is 53.7 Å². The van der Waals surface area contributed by atoms with Gasteiger partial charge in [-0.05, 0) is 85.3 Å². The van der Waals surface area contributed by atoms with Crippen molar-refractivity contribution < 1.29 is 13.2 Å². The summed E-state index contributed by atoms with van der Waals surface area (Å²) >= 11 is 0. The lowest BCUT2D eigenvalue weighted by atomic mass is 10.0. The molecule has 0 spiro atoms. The molecule has 1 aliphatic rings. The Morgan fingerprint density at radius 2 is 1.67 bits per heavy atom. The maximum atomic E-state index is 13.0. The van der Waals surface area contributed by atoms with E-state index in [9.17, 15) is 13.2 Å².